The first-order valence-electron chi connectivity index (χ1n) is 10.6. The van der Waals surface area contributed by atoms with Gasteiger partial charge in [0.2, 0.25) is 5.91 Å². The molecule has 0 bridgehead atoms. The summed E-state index contributed by atoms with van der Waals surface area (Å²) in [6, 6.07) is -1.10. The lowest BCUT2D eigenvalue weighted by atomic mass is 9.85. The Labute approximate surface area is 182 Å². The first kappa shape index (κ1) is 27.9. The molecule has 0 spiro atoms. The molecule has 0 aliphatic rings. The number of hydrogen-bond donors (Lipinski definition) is 1. The Morgan fingerprint density at radius 3 is 2.00 bits per heavy atom. The van der Waals surface area contributed by atoms with Gasteiger partial charge in [0.25, 0.3) is 0 Å². The third-order valence-corrected chi connectivity index (χ3v) is 4.37. The number of carbonyl (C=O) groups is 3. The number of ether oxygens (including phenoxy) is 2. The Balaban J connectivity index is 5.77. The summed E-state index contributed by atoms with van der Waals surface area (Å²) in [4.78, 5) is 39.4. The minimum atomic E-state index is -0.789. The van der Waals surface area contributed by atoms with E-state index in [0.29, 0.717) is 24.5 Å². The van der Waals surface area contributed by atoms with Crippen LogP contribution in [0, 0.1) is 11.3 Å². The lowest BCUT2D eigenvalue weighted by Gasteiger charge is -2.37. The lowest BCUT2D eigenvalue weighted by Crippen LogP contribution is -2.56. The third-order valence-electron chi connectivity index (χ3n) is 4.37. The van der Waals surface area contributed by atoms with Crippen molar-refractivity contribution in [3.63, 3.8) is 0 Å². The van der Waals surface area contributed by atoms with Crippen molar-refractivity contribution in [2.45, 2.75) is 93.3 Å². The molecular weight excluding hydrogens is 384 g/mol. The Bertz CT molecular complexity index is 626. The minimum absolute atomic E-state index is 0.244. The van der Waals surface area contributed by atoms with Crippen LogP contribution in [0.15, 0.2) is 11.6 Å². The summed E-state index contributed by atoms with van der Waals surface area (Å²) in [6.07, 6.45) is 1.80. The number of esters is 1. The van der Waals surface area contributed by atoms with E-state index in [4.69, 9.17) is 9.47 Å². The fraction of sp³-hybridized carbons (Fsp3) is 0.783. The Morgan fingerprint density at radius 2 is 1.60 bits per heavy atom. The molecule has 0 saturated carbocycles. The molecule has 0 aromatic heterocycles. The van der Waals surface area contributed by atoms with E-state index in [1.165, 1.54) is 0 Å². The van der Waals surface area contributed by atoms with Crippen molar-refractivity contribution in [3.8, 4) is 0 Å². The predicted molar refractivity (Wildman–Crippen MR) is 119 cm³/mol. The first-order valence-corrected chi connectivity index (χ1v) is 10.6. The third kappa shape index (κ3) is 10.1. The second-order valence-electron chi connectivity index (χ2n) is 10.2. The molecule has 0 unspecified atom stereocenters. The largest absolute Gasteiger partial charge is 0.463 e. The smallest absolute Gasteiger partial charge is 0.408 e. The highest BCUT2D eigenvalue weighted by Crippen LogP contribution is 2.24. The number of likely N-dealkylation sites (N-methyl/N-ethyl adjacent to an activating group) is 1. The van der Waals surface area contributed by atoms with Crippen LogP contribution in [0.4, 0.5) is 4.79 Å². The summed E-state index contributed by atoms with van der Waals surface area (Å²) in [5, 5.41) is 2.73. The Kier molecular flexibility index (Phi) is 10.6. The highest BCUT2D eigenvalue weighted by atomic mass is 16.6. The van der Waals surface area contributed by atoms with Crippen molar-refractivity contribution in [1.29, 1.82) is 0 Å². The van der Waals surface area contributed by atoms with E-state index < -0.39 is 29.1 Å². The van der Waals surface area contributed by atoms with Crippen molar-refractivity contribution in [2.24, 2.45) is 11.3 Å². The lowest BCUT2D eigenvalue weighted by molar-refractivity contribution is -0.139. The van der Waals surface area contributed by atoms with Gasteiger partial charge in [0.05, 0.1) is 12.6 Å². The molecule has 174 valence electrons. The Morgan fingerprint density at radius 1 is 1.07 bits per heavy atom. The van der Waals surface area contributed by atoms with E-state index in [1.54, 1.807) is 52.6 Å². The van der Waals surface area contributed by atoms with Crippen LogP contribution in [0.25, 0.3) is 0 Å². The summed E-state index contributed by atoms with van der Waals surface area (Å²) in [5.41, 5.74) is -0.749. The molecular formula is C23H42N2O5. The molecule has 0 radical (unpaired) electrons. The van der Waals surface area contributed by atoms with Crippen molar-refractivity contribution in [2.75, 3.05) is 13.7 Å². The maximum absolute atomic E-state index is 13.4. The molecule has 0 saturated heterocycles. The van der Waals surface area contributed by atoms with E-state index in [9.17, 15) is 14.4 Å². The average Bonchev–Trinajstić information content (AvgIpc) is 2.55. The molecule has 0 aliphatic carbocycles. The average molecular weight is 427 g/mol. The Hall–Kier alpha value is -2.05. The van der Waals surface area contributed by atoms with Crippen LogP contribution in [-0.2, 0) is 19.1 Å². The van der Waals surface area contributed by atoms with Gasteiger partial charge in [0.1, 0.15) is 11.6 Å². The number of carbonyl (C=O) groups excluding carboxylic acids is 3. The number of alkyl carbamates (subject to hydrolysis) is 1. The maximum Gasteiger partial charge on any atom is 0.408 e. The second-order valence-corrected chi connectivity index (χ2v) is 10.2. The van der Waals surface area contributed by atoms with Gasteiger partial charge >= 0.3 is 12.1 Å². The van der Waals surface area contributed by atoms with Gasteiger partial charge in [0, 0.05) is 12.6 Å². The molecule has 0 fully saturated rings. The zero-order chi connectivity index (χ0) is 23.9. The van der Waals surface area contributed by atoms with Crippen molar-refractivity contribution >= 4 is 18.0 Å². The topological polar surface area (TPSA) is 84.9 Å². The monoisotopic (exact) mass is 426 g/mol. The molecule has 0 aromatic carbocycles. The zero-order valence-corrected chi connectivity index (χ0v) is 20.7. The number of rotatable bonds is 8. The molecule has 0 aliphatic heterocycles. The zero-order valence-electron chi connectivity index (χ0n) is 20.7. The fourth-order valence-corrected chi connectivity index (χ4v) is 2.86. The van der Waals surface area contributed by atoms with E-state index in [-0.39, 0.29) is 11.9 Å². The van der Waals surface area contributed by atoms with Crippen molar-refractivity contribution in [1.82, 2.24) is 10.2 Å². The predicted octanol–water partition coefficient (Wildman–Crippen LogP) is 4.31. The summed E-state index contributed by atoms with van der Waals surface area (Å²) >= 11 is 0. The molecule has 2 amide bonds. The van der Waals surface area contributed by atoms with Gasteiger partial charge in [-0.25, -0.2) is 9.59 Å². The maximum atomic E-state index is 13.4. The fourth-order valence-electron chi connectivity index (χ4n) is 2.86. The SMILES string of the molecule is CCOC(=O)C(C)=C[C@H](CC(C)C)N(C)C(=O)[C@@H](NC(=O)OC(C)(C)C)C(C)(C)C. The van der Waals surface area contributed by atoms with Gasteiger partial charge in [-0.3, -0.25) is 4.79 Å². The standard InChI is InChI=1S/C23H42N2O5/c1-12-29-20(27)16(4)14-17(13-15(2)3)25(11)19(26)18(22(5,6)7)24-21(28)30-23(8,9)10/h14-15,17-18H,12-13H2,1-11H3,(H,24,28)/t17-,18+/m0/s1. The van der Waals surface area contributed by atoms with Crippen LogP contribution in [0.3, 0.4) is 0 Å². The molecule has 0 rings (SSSR count). The van der Waals surface area contributed by atoms with E-state index in [2.05, 4.69) is 19.2 Å². The quantitative estimate of drug-likeness (QED) is 0.462. The molecule has 0 aromatic rings. The van der Waals surface area contributed by atoms with Crippen molar-refractivity contribution < 1.29 is 23.9 Å². The number of amides is 2. The van der Waals surface area contributed by atoms with E-state index in [1.807, 2.05) is 20.8 Å². The van der Waals surface area contributed by atoms with Crippen LogP contribution >= 0.6 is 0 Å². The van der Waals surface area contributed by atoms with Crippen LogP contribution in [0.2, 0.25) is 0 Å². The highest BCUT2D eigenvalue weighted by molar-refractivity contribution is 5.89. The van der Waals surface area contributed by atoms with Crippen LogP contribution in [0.1, 0.15) is 75.7 Å². The van der Waals surface area contributed by atoms with E-state index in [0.717, 1.165) is 0 Å². The minimum Gasteiger partial charge on any atom is -0.463 e. The molecule has 7 heteroatoms. The highest BCUT2D eigenvalue weighted by Gasteiger charge is 2.37. The second kappa shape index (κ2) is 11.4. The molecule has 30 heavy (non-hydrogen) atoms. The summed E-state index contributed by atoms with van der Waals surface area (Å²) in [6.45, 7) is 18.8. The first-order chi connectivity index (χ1) is 13.5. The molecule has 7 nitrogen and oxygen atoms in total. The van der Waals surface area contributed by atoms with Gasteiger partial charge in [-0.1, -0.05) is 40.7 Å². The van der Waals surface area contributed by atoms with Crippen LogP contribution in [0.5, 0.6) is 0 Å². The van der Waals surface area contributed by atoms with Crippen molar-refractivity contribution in [3.05, 3.63) is 11.6 Å². The normalized spacial score (nSPS) is 14.7. The number of nitrogens with zero attached hydrogens (tertiary/aromatic N) is 1. The molecule has 0 heterocycles. The van der Waals surface area contributed by atoms with Crippen LogP contribution in [-0.4, -0.2) is 54.2 Å². The summed E-state index contributed by atoms with van der Waals surface area (Å²) < 4.78 is 10.4. The molecule has 2 atom stereocenters. The number of nitrogens with one attached hydrogen (secondary N) is 1. The van der Waals surface area contributed by atoms with E-state index >= 15 is 0 Å². The molecule has 1 N–H and O–H groups in total. The summed E-state index contributed by atoms with van der Waals surface area (Å²) in [7, 11) is 1.69. The van der Waals surface area contributed by atoms with Gasteiger partial charge in [-0.2, -0.15) is 0 Å². The van der Waals surface area contributed by atoms with Gasteiger partial charge in [-0.15, -0.1) is 0 Å². The number of hydrogen-bond acceptors (Lipinski definition) is 5. The summed E-state index contributed by atoms with van der Waals surface area (Å²) in [5.74, 6) is -0.346. The van der Waals surface area contributed by atoms with Gasteiger partial charge in [-0.05, 0) is 52.4 Å². The van der Waals surface area contributed by atoms with Crippen LogP contribution < -0.4 is 5.32 Å². The van der Waals surface area contributed by atoms with Gasteiger partial charge < -0.3 is 19.7 Å². The van der Waals surface area contributed by atoms with Gasteiger partial charge in [0.15, 0.2) is 0 Å².